The average Bonchev–Trinajstić information content (AvgIpc) is 2.30. The Morgan fingerprint density at radius 2 is 1.80 bits per heavy atom. The molecule has 3 nitrogen and oxygen atoms in total. The van der Waals surface area contributed by atoms with Gasteiger partial charge in [0.1, 0.15) is 0 Å². The van der Waals surface area contributed by atoms with E-state index in [0.29, 0.717) is 0 Å². The molecule has 1 aromatic heterocycles. The monoisotopic (exact) mass is 199 g/mol. The zero-order valence-electron chi connectivity index (χ0n) is 8.59. The molecule has 0 spiro atoms. The molecule has 2 aromatic rings. The van der Waals surface area contributed by atoms with E-state index >= 15 is 0 Å². The molecule has 1 heterocycles. The highest BCUT2D eigenvalue weighted by atomic mass is 15.1. The average molecular weight is 199 g/mol. The molecule has 0 saturated heterocycles. The standard InChI is InChI=1S/C12H13N3/c1-15(12-3-2-8-14-9-12)11-6-4-10(13)5-7-11/h2-9H,13H2,1H3. The maximum absolute atomic E-state index is 5.63. The Hall–Kier alpha value is -2.03. The van der Waals surface area contributed by atoms with Crippen LogP contribution in [0.25, 0.3) is 0 Å². The fourth-order valence-electron chi connectivity index (χ4n) is 1.40. The van der Waals surface area contributed by atoms with E-state index in [1.807, 2.05) is 49.6 Å². The van der Waals surface area contributed by atoms with Gasteiger partial charge in [0.05, 0.1) is 11.9 Å². The highest BCUT2D eigenvalue weighted by Gasteiger charge is 2.02. The number of hydrogen-bond donors (Lipinski definition) is 1. The van der Waals surface area contributed by atoms with Crippen LogP contribution in [0, 0.1) is 0 Å². The minimum absolute atomic E-state index is 0.776. The number of rotatable bonds is 2. The molecule has 0 radical (unpaired) electrons. The summed E-state index contributed by atoms with van der Waals surface area (Å²) < 4.78 is 0. The first kappa shape index (κ1) is 9.52. The fourth-order valence-corrected chi connectivity index (χ4v) is 1.40. The van der Waals surface area contributed by atoms with Gasteiger partial charge in [-0.05, 0) is 36.4 Å². The smallest absolute Gasteiger partial charge is 0.0594 e. The molecule has 0 atom stereocenters. The fraction of sp³-hybridized carbons (Fsp3) is 0.0833. The van der Waals surface area contributed by atoms with E-state index in [9.17, 15) is 0 Å². The second-order valence-electron chi connectivity index (χ2n) is 3.36. The third-order valence-corrected chi connectivity index (χ3v) is 2.31. The van der Waals surface area contributed by atoms with Crippen molar-refractivity contribution in [2.75, 3.05) is 17.7 Å². The maximum atomic E-state index is 5.63. The third kappa shape index (κ3) is 2.07. The highest BCUT2D eigenvalue weighted by molar-refractivity contribution is 5.63. The Balaban J connectivity index is 2.29. The lowest BCUT2D eigenvalue weighted by molar-refractivity contribution is 1.18. The SMILES string of the molecule is CN(c1ccc(N)cc1)c1cccnc1. The Morgan fingerprint density at radius 3 is 2.40 bits per heavy atom. The van der Waals surface area contributed by atoms with Crippen molar-refractivity contribution in [3.63, 3.8) is 0 Å². The number of hydrogen-bond acceptors (Lipinski definition) is 3. The number of nitrogens with zero attached hydrogens (tertiary/aromatic N) is 2. The number of pyridine rings is 1. The molecule has 1 aromatic carbocycles. The molecule has 0 aliphatic carbocycles. The van der Waals surface area contributed by atoms with E-state index in [-0.39, 0.29) is 0 Å². The van der Waals surface area contributed by atoms with Crippen molar-refractivity contribution in [2.24, 2.45) is 0 Å². The first-order valence-corrected chi connectivity index (χ1v) is 4.76. The molecule has 0 fully saturated rings. The number of nitrogens with two attached hydrogens (primary N) is 1. The molecule has 0 unspecified atom stereocenters. The first-order chi connectivity index (χ1) is 7.27. The molecule has 2 N–H and O–H groups in total. The third-order valence-electron chi connectivity index (χ3n) is 2.31. The summed E-state index contributed by atoms with van der Waals surface area (Å²) in [5.74, 6) is 0. The molecule has 0 bridgehead atoms. The van der Waals surface area contributed by atoms with Gasteiger partial charge in [0.15, 0.2) is 0 Å². The highest BCUT2D eigenvalue weighted by Crippen LogP contribution is 2.22. The Labute approximate surface area is 89.2 Å². The van der Waals surface area contributed by atoms with E-state index in [0.717, 1.165) is 17.1 Å². The topological polar surface area (TPSA) is 42.1 Å². The van der Waals surface area contributed by atoms with E-state index in [1.165, 1.54) is 0 Å². The molecule has 0 aliphatic heterocycles. The van der Waals surface area contributed by atoms with Crippen LogP contribution in [0.4, 0.5) is 17.1 Å². The van der Waals surface area contributed by atoms with E-state index in [2.05, 4.69) is 9.88 Å². The number of anilines is 3. The summed E-state index contributed by atoms with van der Waals surface area (Å²) in [5.41, 5.74) is 8.56. The maximum Gasteiger partial charge on any atom is 0.0594 e. The summed E-state index contributed by atoms with van der Waals surface area (Å²) in [5, 5.41) is 0. The second-order valence-corrected chi connectivity index (χ2v) is 3.36. The first-order valence-electron chi connectivity index (χ1n) is 4.76. The van der Waals surface area contributed by atoms with Gasteiger partial charge in [-0.2, -0.15) is 0 Å². The zero-order chi connectivity index (χ0) is 10.7. The minimum atomic E-state index is 0.776. The van der Waals surface area contributed by atoms with Crippen molar-refractivity contribution < 1.29 is 0 Å². The largest absolute Gasteiger partial charge is 0.399 e. The predicted molar refractivity (Wildman–Crippen MR) is 63.2 cm³/mol. The summed E-state index contributed by atoms with van der Waals surface area (Å²) in [7, 11) is 2.00. The lowest BCUT2D eigenvalue weighted by atomic mass is 10.2. The Kier molecular flexibility index (Phi) is 2.54. The normalized spacial score (nSPS) is 9.93. The van der Waals surface area contributed by atoms with E-state index in [4.69, 9.17) is 5.73 Å². The summed E-state index contributed by atoms with van der Waals surface area (Å²) in [6.45, 7) is 0. The zero-order valence-corrected chi connectivity index (χ0v) is 8.59. The molecule has 0 amide bonds. The lowest BCUT2D eigenvalue weighted by Gasteiger charge is -2.18. The van der Waals surface area contributed by atoms with Gasteiger partial charge in [-0.15, -0.1) is 0 Å². The number of benzene rings is 1. The van der Waals surface area contributed by atoms with Crippen LogP contribution in [0.1, 0.15) is 0 Å². The molecular formula is C12H13N3. The van der Waals surface area contributed by atoms with E-state index in [1.54, 1.807) is 6.20 Å². The van der Waals surface area contributed by atoms with Crippen LogP contribution in [0.3, 0.4) is 0 Å². The van der Waals surface area contributed by atoms with Crippen molar-refractivity contribution in [1.29, 1.82) is 0 Å². The van der Waals surface area contributed by atoms with Gasteiger partial charge in [-0.3, -0.25) is 4.98 Å². The van der Waals surface area contributed by atoms with Crippen molar-refractivity contribution in [1.82, 2.24) is 4.98 Å². The van der Waals surface area contributed by atoms with Crippen LogP contribution < -0.4 is 10.6 Å². The van der Waals surface area contributed by atoms with Gasteiger partial charge in [0.2, 0.25) is 0 Å². The van der Waals surface area contributed by atoms with Gasteiger partial charge in [0, 0.05) is 24.6 Å². The van der Waals surface area contributed by atoms with Crippen LogP contribution in [-0.2, 0) is 0 Å². The van der Waals surface area contributed by atoms with E-state index < -0.39 is 0 Å². The van der Waals surface area contributed by atoms with Crippen LogP contribution in [-0.4, -0.2) is 12.0 Å². The van der Waals surface area contributed by atoms with Gasteiger partial charge in [-0.25, -0.2) is 0 Å². The summed E-state index contributed by atoms with van der Waals surface area (Å²) in [4.78, 5) is 6.14. The van der Waals surface area contributed by atoms with Crippen LogP contribution >= 0.6 is 0 Å². The van der Waals surface area contributed by atoms with Crippen molar-refractivity contribution >= 4 is 17.1 Å². The molecule has 76 valence electrons. The Morgan fingerprint density at radius 1 is 1.07 bits per heavy atom. The number of aromatic nitrogens is 1. The summed E-state index contributed by atoms with van der Waals surface area (Å²) in [6, 6.07) is 11.7. The summed E-state index contributed by atoms with van der Waals surface area (Å²) in [6.07, 6.45) is 3.59. The molecule has 3 heteroatoms. The summed E-state index contributed by atoms with van der Waals surface area (Å²) >= 11 is 0. The van der Waals surface area contributed by atoms with Crippen LogP contribution in [0.5, 0.6) is 0 Å². The van der Waals surface area contributed by atoms with Crippen molar-refractivity contribution in [3.8, 4) is 0 Å². The quantitative estimate of drug-likeness (QED) is 0.755. The Bertz CT molecular complexity index is 422. The molecule has 15 heavy (non-hydrogen) atoms. The van der Waals surface area contributed by atoms with Gasteiger partial charge < -0.3 is 10.6 Å². The second kappa shape index (κ2) is 4.00. The predicted octanol–water partition coefficient (Wildman–Crippen LogP) is 2.43. The molecular weight excluding hydrogens is 186 g/mol. The van der Waals surface area contributed by atoms with Crippen molar-refractivity contribution in [2.45, 2.75) is 0 Å². The number of nitrogen functional groups attached to an aromatic ring is 1. The molecule has 2 rings (SSSR count). The van der Waals surface area contributed by atoms with Crippen LogP contribution in [0.2, 0.25) is 0 Å². The van der Waals surface area contributed by atoms with Crippen LogP contribution in [0.15, 0.2) is 48.8 Å². The van der Waals surface area contributed by atoms with Gasteiger partial charge in [-0.1, -0.05) is 0 Å². The van der Waals surface area contributed by atoms with Gasteiger partial charge >= 0.3 is 0 Å². The minimum Gasteiger partial charge on any atom is -0.399 e. The molecule has 0 saturated carbocycles. The lowest BCUT2D eigenvalue weighted by Crippen LogP contribution is -2.09. The van der Waals surface area contributed by atoms with Crippen molar-refractivity contribution in [3.05, 3.63) is 48.8 Å². The van der Waals surface area contributed by atoms with Gasteiger partial charge in [0.25, 0.3) is 0 Å². The molecule has 0 aliphatic rings.